The number of alkyl halides is 1. The van der Waals surface area contributed by atoms with Crippen LogP contribution in [-0.2, 0) is 4.74 Å². The average molecular weight is 488 g/mol. The summed E-state index contributed by atoms with van der Waals surface area (Å²) in [4.78, 5) is 12.4. The molecule has 1 aliphatic rings. The van der Waals surface area contributed by atoms with Crippen LogP contribution in [0.1, 0.15) is 43.9 Å². The van der Waals surface area contributed by atoms with Crippen molar-refractivity contribution in [2.24, 2.45) is 0 Å². The third kappa shape index (κ3) is 4.73. The Balaban J connectivity index is 1.39. The molecule has 3 aromatic carbocycles. The number of carbonyl (C=O) groups is 1. The summed E-state index contributed by atoms with van der Waals surface area (Å²) in [6, 6.07) is 23.3. The van der Waals surface area contributed by atoms with E-state index in [0.29, 0.717) is 23.2 Å². The molecule has 3 N–H and O–H groups in total. The van der Waals surface area contributed by atoms with E-state index < -0.39 is 12.8 Å². The first kappa shape index (κ1) is 23.7. The summed E-state index contributed by atoms with van der Waals surface area (Å²) in [5.41, 5.74) is 11.8. The molecule has 1 atom stereocenters. The molecule has 0 radical (unpaired) electrons. The third-order valence-electron chi connectivity index (χ3n) is 6.76. The van der Waals surface area contributed by atoms with Crippen molar-refractivity contribution < 1.29 is 18.7 Å². The molecule has 0 aliphatic heterocycles. The molecule has 1 aromatic heterocycles. The molecule has 0 spiro atoms. The second-order valence-electron chi connectivity index (χ2n) is 9.09. The Morgan fingerprint density at radius 2 is 1.86 bits per heavy atom. The van der Waals surface area contributed by atoms with Crippen molar-refractivity contribution in [3.8, 4) is 17.0 Å². The van der Waals surface area contributed by atoms with E-state index in [4.69, 9.17) is 15.2 Å². The second-order valence-corrected chi connectivity index (χ2v) is 9.09. The summed E-state index contributed by atoms with van der Waals surface area (Å²) >= 11 is 0. The Bertz CT molecular complexity index is 1350. The molecule has 6 nitrogen and oxygen atoms in total. The van der Waals surface area contributed by atoms with Crippen molar-refractivity contribution in [2.75, 3.05) is 24.3 Å². The average Bonchev–Trinajstić information content (AvgIpc) is 3.14. The number of benzene rings is 3. The van der Waals surface area contributed by atoms with Gasteiger partial charge in [0.25, 0.3) is 0 Å². The van der Waals surface area contributed by atoms with Crippen LogP contribution < -0.4 is 15.8 Å². The first-order valence-corrected chi connectivity index (χ1v) is 12.3. The molecule has 1 amide bonds. The topological polar surface area (TPSA) is 78.5 Å². The van der Waals surface area contributed by atoms with Crippen LogP contribution in [0, 0.1) is 0 Å². The minimum absolute atomic E-state index is 0.0268. The Kier molecular flexibility index (Phi) is 6.80. The van der Waals surface area contributed by atoms with Gasteiger partial charge in [0.1, 0.15) is 25.1 Å². The summed E-state index contributed by atoms with van der Waals surface area (Å²) in [6.45, 7) is 1.33. The highest BCUT2D eigenvalue weighted by Gasteiger charge is 2.27. The number of nitrogen functional groups attached to an aromatic ring is 1. The molecule has 1 saturated carbocycles. The van der Waals surface area contributed by atoms with E-state index in [9.17, 15) is 9.18 Å². The number of anilines is 2. The second kappa shape index (κ2) is 10.3. The van der Waals surface area contributed by atoms with Gasteiger partial charge in [-0.2, -0.15) is 0 Å². The molecule has 36 heavy (non-hydrogen) atoms. The van der Waals surface area contributed by atoms with Gasteiger partial charge in [0.2, 0.25) is 0 Å². The first-order valence-electron chi connectivity index (χ1n) is 12.3. The quantitative estimate of drug-likeness (QED) is 0.274. The van der Waals surface area contributed by atoms with Crippen LogP contribution in [0.3, 0.4) is 0 Å². The minimum Gasteiger partial charge on any atom is -0.491 e. The number of rotatable bonds is 8. The fraction of sp³-hybridized carbons (Fsp3) is 0.276. The van der Waals surface area contributed by atoms with Crippen molar-refractivity contribution in [2.45, 2.75) is 38.3 Å². The first-order chi connectivity index (χ1) is 17.5. The normalized spacial score (nSPS) is 14.3. The third-order valence-corrected chi connectivity index (χ3v) is 6.76. The number of ether oxygens (including phenoxy) is 2. The molecule has 0 saturated heterocycles. The molecule has 5 rings (SSSR count). The van der Waals surface area contributed by atoms with Gasteiger partial charge in [0, 0.05) is 28.7 Å². The zero-order valence-electron chi connectivity index (χ0n) is 20.2. The molecular weight excluding hydrogens is 457 g/mol. The van der Waals surface area contributed by atoms with E-state index in [1.54, 1.807) is 0 Å². The van der Waals surface area contributed by atoms with Crippen LogP contribution in [0.25, 0.3) is 22.2 Å². The maximum atomic E-state index is 12.6. The summed E-state index contributed by atoms with van der Waals surface area (Å²) in [5, 5.41) is 3.75. The Hall–Kier alpha value is -4.00. The van der Waals surface area contributed by atoms with Crippen molar-refractivity contribution in [3.63, 3.8) is 0 Å². The van der Waals surface area contributed by atoms with E-state index in [0.717, 1.165) is 40.6 Å². The van der Waals surface area contributed by atoms with Crippen molar-refractivity contribution in [1.82, 2.24) is 4.57 Å². The molecular formula is C29H30FN3O3. The highest BCUT2D eigenvalue weighted by molar-refractivity contribution is 6.01. The molecule has 0 bridgehead atoms. The van der Waals surface area contributed by atoms with Gasteiger partial charge in [-0.3, -0.25) is 5.32 Å². The van der Waals surface area contributed by atoms with Gasteiger partial charge in [-0.1, -0.05) is 42.5 Å². The van der Waals surface area contributed by atoms with Crippen LogP contribution in [0.4, 0.5) is 20.6 Å². The molecule has 1 aliphatic carbocycles. The summed E-state index contributed by atoms with van der Waals surface area (Å²) < 4.78 is 26.0. The number of aromatic nitrogens is 1. The highest BCUT2D eigenvalue weighted by Crippen LogP contribution is 2.45. The monoisotopic (exact) mass is 487 g/mol. The van der Waals surface area contributed by atoms with Gasteiger partial charge in [-0.05, 0) is 56.0 Å². The lowest BCUT2D eigenvalue weighted by molar-refractivity contribution is 0.121. The number of halogens is 1. The maximum Gasteiger partial charge on any atom is 0.412 e. The summed E-state index contributed by atoms with van der Waals surface area (Å²) in [6.07, 6.45) is 2.46. The molecule has 4 aromatic rings. The Morgan fingerprint density at radius 3 is 2.53 bits per heavy atom. The van der Waals surface area contributed by atoms with Gasteiger partial charge in [-0.25, -0.2) is 9.18 Å². The van der Waals surface area contributed by atoms with Gasteiger partial charge in [0.05, 0.1) is 16.9 Å². The highest BCUT2D eigenvalue weighted by atomic mass is 19.1. The van der Waals surface area contributed by atoms with E-state index in [2.05, 4.69) is 9.88 Å². The molecule has 186 valence electrons. The lowest BCUT2D eigenvalue weighted by atomic mass is 9.92. The van der Waals surface area contributed by atoms with Crippen molar-refractivity contribution in [1.29, 1.82) is 0 Å². The van der Waals surface area contributed by atoms with Crippen LogP contribution in [-0.4, -0.2) is 23.9 Å². The Morgan fingerprint density at radius 1 is 1.11 bits per heavy atom. The van der Waals surface area contributed by atoms with E-state index >= 15 is 0 Å². The van der Waals surface area contributed by atoms with Crippen LogP contribution in [0.15, 0.2) is 72.8 Å². The van der Waals surface area contributed by atoms with E-state index in [1.807, 2.05) is 79.7 Å². The van der Waals surface area contributed by atoms with Gasteiger partial charge in [0.15, 0.2) is 0 Å². The predicted molar refractivity (Wildman–Crippen MR) is 141 cm³/mol. The van der Waals surface area contributed by atoms with Crippen LogP contribution >= 0.6 is 0 Å². The maximum absolute atomic E-state index is 12.6. The van der Waals surface area contributed by atoms with E-state index in [1.165, 1.54) is 6.42 Å². The summed E-state index contributed by atoms with van der Waals surface area (Å²) in [5.74, 6) is 0.632. The van der Waals surface area contributed by atoms with Crippen molar-refractivity contribution in [3.05, 3.63) is 78.4 Å². The van der Waals surface area contributed by atoms with Gasteiger partial charge < -0.3 is 19.8 Å². The predicted octanol–water partition coefficient (Wildman–Crippen LogP) is 7.27. The molecule has 1 fully saturated rings. The number of fused-ring (bicyclic) bond motifs is 1. The standard InChI is InChI=1S/C29H30FN3O3/c1-19(20-6-3-2-4-7-20)36-29(34)32-22-12-10-21(11-13-22)28-27(31)25-15-14-24(35-17-16-30)18-26(25)33(28)23-8-5-9-23/h2-4,6-7,10-15,18-19,23H,5,8-9,16-17,31H2,1H3,(H,32,34)/t19-/m1/s1. The van der Waals surface area contributed by atoms with Crippen LogP contribution in [0.2, 0.25) is 0 Å². The number of carbonyl (C=O) groups excluding carboxylic acids is 1. The SMILES string of the molecule is C[C@@H](OC(=O)Nc1ccc(-c2c(N)c3ccc(OCCF)cc3n2C2CCC2)cc1)c1ccccc1. The van der Waals surface area contributed by atoms with Gasteiger partial charge in [-0.15, -0.1) is 0 Å². The molecule has 7 heteroatoms. The summed E-state index contributed by atoms with van der Waals surface area (Å²) in [7, 11) is 0. The van der Waals surface area contributed by atoms with Gasteiger partial charge >= 0.3 is 6.09 Å². The largest absolute Gasteiger partial charge is 0.491 e. The fourth-order valence-corrected chi connectivity index (χ4v) is 4.69. The minimum atomic E-state index is -0.534. The zero-order chi connectivity index (χ0) is 25.1. The number of hydrogen-bond acceptors (Lipinski definition) is 4. The number of amides is 1. The molecule has 0 unspecified atom stereocenters. The number of nitrogens with one attached hydrogen (secondary N) is 1. The van der Waals surface area contributed by atoms with Crippen molar-refractivity contribution >= 4 is 28.4 Å². The molecule has 1 heterocycles. The zero-order valence-corrected chi connectivity index (χ0v) is 20.2. The van der Waals surface area contributed by atoms with Crippen LogP contribution in [0.5, 0.6) is 5.75 Å². The number of nitrogens with zero attached hydrogens (tertiary/aromatic N) is 1. The lowest BCUT2D eigenvalue weighted by Gasteiger charge is -2.30. The number of hydrogen-bond donors (Lipinski definition) is 2. The lowest BCUT2D eigenvalue weighted by Crippen LogP contribution is -2.18. The smallest absolute Gasteiger partial charge is 0.412 e. The Labute approximate surface area is 209 Å². The van der Waals surface area contributed by atoms with E-state index in [-0.39, 0.29) is 12.7 Å². The fourth-order valence-electron chi connectivity index (χ4n) is 4.69. The number of nitrogens with two attached hydrogens (primary N) is 1.